The molecule has 3 rings (SSSR count). The summed E-state index contributed by atoms with van der Waals surface area (Å²) in [4.78, 5) is -8.53. The van der Waals surface area contributed by atoms with Gasteiger partial charge in [-0.25, -0.2) is 0 Å². The topological polar surface area (TPSA) is 6.48 Å². The summed E-state index contributed by atoms with van der Waals surface area (Å²) in [6, 6.07) is 13.1. The normalized spacial score (nSPS) is 26.3. The molecule has 0 unspecified atom stereocenters. The van der Waals surface area contributed by atoms with Gasteiger partial charge in [0, 0.05) is 0 Å². The Morgan fingerprint density at radius 2 is 0.750 bits per heavy atom. The van der Waals surface area contributed by atoms with Crippen LogP contribution in [0.1, 0.15) is 0 Å². The van der Waals surface area contributed by atoms with Crippen LogP contribution < -0.4 is 8.88 Å². The predicted octanol–water partition coefficient (Wildman–Crippen LogP) is 10.0. The number of nitrogens with zero attached hydrogens (tertiary/aromatic N) is 2. The second-order valence-electron chi connectivity index (χ2n) is 5.00. The number of hydrogen-bond acceptors (Lipinski definition) is 2. The molecule has 1 heterocycles. The first kappa shape index (κ1) is 20.0. The van der Waals surface area contributed by atoms with Crippen LogP contribution in [0.5, 0.6) is 0 Å². The molecule has 2 aromatic rings. The first-order valence-corrected chi connectivity index (χ1v) is 16.8. The zero-order chi connectivity index (χ0) is 18.0. The van der Waals surface area contributed by atoms with Crippen LogP contribution >= 0.6 is 101 Å². The fourth-order valence-corrected chi connectivity index (χ4v) is 32.0. The molecule has 0 aliphatic carbocycles. The van der Waals surface area contributed by atoms with Crippen molar-refractivity contribution in [3.8, 4) is 0 Å². The van der Waals surface area contributed by atoms with Crippen LogP contribution in [0.15, 0.2) is 48.5 Å². The monoisotopic (exact) mass is 522 g/mol. The molecule has 0 spiro atoms. The summed E-state index contributed by atoms with van der Waals surface area (Å²) in [6.07, 6.45) is 0. The van der Waals surface area contributed by atoms with E-state index < -0.39 is 9.93 Å². The van der Waals surface area contributed by atoms with Gasteiger partial charge in [0.1, 0.15) is 0 Å². The van der Waals surface area contributed by atoms with Crippen molar-refractivity contribution in [2.75, 3.05) is 8.88 Å². The zero-order valence-electron chi connectivity index (χ0n) is 11.4. The Hall–Kier alpha value is 1.22. The van der Waals surface area contributed by atoms with Crippen molar-refractivity contribution in [3.05, 3.63) is 58.6 Å². The summed E-state index contributed by atoms with van der Waals surface area (Å²) in [5, 5.41) is 1.04. The average molecular weight is 526 g/mol. The number of rotatable bonds is 2. The van der Waals surface area contributed by atoms with Crippen LogP contribution in [0.25, 0.3) is 0 Å². The van der Waals surface area contributed by atoms with Gasteiger partial charge in [-0.1, -0.05) is 0 Å². The van der Waals surface area contributed by atoms with E-state index >= 15 is 0 Å². The van der Waals surface area contributed by atoms with Crippen molar-refractivity contribution in [1.29, 1.82) is 0 Å². The quantitative estimate of drug-likeness (QED) is 0.360. The van der Waals surface area contributed by atoms with Crippen LogP contribution in [0.4, 0.5) is 11.4 Å². The summed E-state index contributed by atoms with van der Waals surface area (Å²) in [5.41, 5.74) is 0.944. The van der Waals surface area contributed by atoms with Crippen LogP contribution in [-0.4, -0.2) is 0 Å². The van der Waals surface area contributed by atoms with E-state index in [0.29, 0.717) is 21.4 Å². The van der Waals surface area contributed by atoms with Crippen molar-refractivity contribution >= 4 is 112 Å². The summed E-state index contributed by atoms with van der Waals surface area (Å²) < 4.78 is 2.61. The Kier molecular flexibility index (Phi) is 4.87. The molecule has 1 saturated heterocycles. The van der Waals surface area contributed by atoms with Crippen molar-refractivity contribution in [2.24, 2.45) is 0 Å². The molecule has 2 nitrogen and oxygen atoms in total. The van der Waals surface area contributed by atoms with E-state index in [4.69, 9.17) is 90.6 Å². The summed E-state index contributed by atoms with van der Waals surface area (Å²) >= 11 is 51.7. The molecule has 132 valence electrons. The Bertz CT molecular complexity index is 709. The predicted molar refractivity (Wildman–Crippen MR) is 117 cm³/mol. The fraction of sp³-hybridized carbons (Fsp3) is 0. The van der Waals surface area contributed by atoms with Gasteiger partial charge < -0.3 is 0 Å². The molecule has 0 bridgehead atoms. The third-order valence-electron chi connectivity index (χ3n) is 3.31. The van der Waals surface area contributed by atoms with Crippen LogP contribution in [0.2, 0.25) is 10.0 Å². The van der Waals surface area contributed by atoms with Crippen LogP contribution in [0, 0.1) is 0 Å². The van der Waals surface area contributed by atoms with E-state index in [1.165, 1.54) is 8.88 Å². The van der Waals surface area contributed by atoms with Gasteiger partial charge >= 0.3 is 179 Å². The van der Waals surface area contributed by atoms with Gasteiger partial charge in [-0.2, -0.15) is 0 Å². The van der Waals surface area contributed by atoms with Gasteiger partial charge in [0.05, 0.1) is 0 Å². The van der Waals surface area contributed by atoms with Crippen molar-refractivity contribution in [1.82, 2.24) is 0 Å². The number of hydrogen-bond donors (Lipinski definition) is 0. The Morgan fingerprint density at radius 1 is 0.500 bits per heavy atom. The zero-order valence-corrected chi connectivity index (χ0v) is 19.3. The molecule has 0 aromatic heterocycles. The third-order valence-corrected chi connectivity index (χ3v) is 20.6. The van der Waals surface area contributed by atoms with E-state index in [9.17, 15) is 0 Å². The Labute approximate surface area is 178 Å². The van der Waals surface area contributed by atoms with E-state index in [1.54, 1.807) is 48.5 Å². The Morgan fingerprint density at radius 3 is 1.00 bits per heavy atom. The van der Waals surface area contributed by atoms with Gasteiger partial charge in [0.2, 0.25) is 0 Å². The molecule has 1 aliphatic heterocycles. The van der Waals surface area contributed by atoms with Gasteiger partial charge in [-0.3, -0.25) is 0 Å². The molecule has 0 radical (unpaired) electrons. The van der Waals surface area contributed by atoms with E-state index in [-0.39, 0.29) is 0 Å². The van der Waals surface area contributed by atoms with Crippen molar-refractivity contribution < 1.29 is 0 Å². The summed E-state index contributed by atoms with van der Waals surface area (Å²) in [5.74, 6) is 0. The molecule has 2 aromatic carbocycles. The second-order valence-corrected chi connectivity index (χ2v) is 25.7. The Balaban J connectivity index is 2.16. The second kappa shape index (κ2) is 5.86. The molecular formula is C12H8Cl8N2P2. The molecule has 12 heteroatoms. The standard InChI is InChI=1S/C12H8Cl8N2P2/c13-9-1-5-11(6-2-9)21-23(15,16,17)22(24(21,18,19)20)12-7-3-10(14)4-8-12/h1-8H. The SMILES string of the molecule is Clc1ccc(N2P(Cl)(Cl)(Cl)N(c3ccc(Cl)cc3)P2(Cl)(Cl)Cl)cc1. The van der Waals surface area contributed by atoms with Crippen molar-refractivity contribution in [3.63, 3.8) is 0 Å². The minimum absolute atomic E-state index is 0.472. The van der Waals surface area contributed by atoms with E-state index in [0.717, 1.165) is 0 Å². The summed E-state index contributed by atoms with van der Waals surface area (Å²) in [7, 11) is 0. The average Bonchev–Trinajstić information content (AvgIpc) is 2.41. The number of anilines is 2. The third kappa shape index (κ3) is 3.06. The van der Waals surface area contributed by atoms with Gasteiger partial charge in [-0.15, -0.1) is 0 Å². The fourth-order valence-electron chi connectivity index (χ4n) is 2.46. The first-order chi connectivity index (χ1) is 10.8. The number of halogens is 8. The maximum absolute atomic E-state index is 6.64. The molecular weight excluding hydrogens is 518 g/mol. The summed E-state index contributed by atoms with van der Waals surface area (Å²) in [6.45, 7) is 0. The van der Waals surface area contributed by atoms with E-state index in [1.807, 2.05) is 0 Å². The molecule has 1 fully saturated rings. The molecule has 0 saturated carbocycles. The van der Waals surface area contributed by atoms with Crippen LogP contribution in [-0.2, 0) is 0 Å². The molecule has 0 atom stereocenters. The van der Waals surface area contributed by atoms with Gasteiger partial charge in [-0.05, 0) is 0 Å². The van der Waals surface area contributed by atoms with Gasteiger partial charge in [0.15, 0.2) is 0 Å². The van der Waals surface area contributed by atoms with Crippen molar-refractivity contribution in [2.45, 2.75) is 0 Å². The molecule has 0 N–H and O–H groups in total. The maximum atomic E-state index is 6.64. The first-order valence-electron chi connectivity index (χ1n) is 6.28. The number of benzene rings is 2. The minimum atomic E-state index is -4.26. The van der Waals surface area contributed by atoms with Gasteiger partial charge in [0.25, 0.3) is 0 Å². The molecule has 1 aliphatic rings. The molecule has 24 heavy (non-hydrogen) atoms. The molecule has 0 amide bonds. The van der Waals surface area contributed by atoms with E-state index in [2.05, 4.69) is 0 Å². The van der Waals surface area contributed by atoms with Crippen LogP contribution in [0.3, 0.4) is 0 Å².